The van der Waals surface area contributed by atoms with Gasteiger partial charge in [0.1, 0.15) is 11.6 Å². The van der Waals surface area contributed by atoms with Crippen molar-refractivity contribution >= 4 is 11.5 Å². The van der Waals surface area contributed by atoms with Gasteiger partial charge in [-0.15, -0.1) is 0 Å². The summed E-state index contributed by atoms with van der Waals surface area (Å²) in [5.41, 5.74) is 2.98. The van der Waals surface area contributed by atoms with Crippen LogP contribution in [0.1, 0.15) is 35.2 Å². The standard InChI is InChI=1S/C27H24F2N2O/c28-22-11-12-24(29)23(15-22)21-14-26(19-9-5-2-6-10-19)31(17-21)27(32)20-13-25(30-16-20)18-7-3-1-4-8-18/h1-12,14-15,20,25-26,30H,13,16-17H2. The third kappa shape index (κ3) is 3.96. The summed E-state index contributed by atoms with van der Waals surface area (Å²) in [6, 6.07) is 23.1. The maximum absolute atomic E-state index is 14.5. The molecule has 0 radical (unpaired) electrons. The van der Waals surface area contributed by atoms with Crippen molar-refractivity contribution in [2.45, 2.75) is 18.5 Å². The molecule has 3 nitrogen and oxygen atoms in total. The molecule has 0 bridgehead atoms. The van der Waals surface area contributed by atoms with Crippen LogP contribution in [0.4, 0.5) is 8.78 Å². The van der Waals surface area contributed by atoms with Crippen LogP contribution in [0.2, 0.25) is 0 Å². The molecule has 5 heteroatoms. The molecule has 3 aromatic carbocycles. The molecule has 0 aliphatic carbocycles. The molecule has 0 spiro atoms. The van der Waals surface area contributed by atoms with Crippen LogP contribution in [0.25, 0.3) is 5.57 Å². The topological polar surface area (TPSA) is 32.3 Å². The first-order valence-corrected chi connectivity index (χ1v) is 10.9. The van der Waals surface area contributed by atoms with E-state index in [4.69, 9.17) is 0 Å². The quantitative estimate of drug-likeness (QED) is 0.611. The highest BCUT2D eigenvalue weighted by molar-refractivity contribution is 5.85. The zero-order valence-electron chi connectivity index (χ0n) is 17.5. The Morgan fingerprint density at radius 1 is 0.906 bits per heavy atom. The van der Waals surface area contributed by atoms with Crippen molar-refractivity contribution in [3.8, 4) is 0 Å². The molecule has 2 heterocycles. The predicted octanol–water partition coefficient (Wildman–Crippen LogP) is 5.28. The number of nitrogens with one attached hydrogen (secondary N) is 1. The molecule has 1 fully saturated rings. The van der Waals surface area contributed by atoms with E-state index in [1.165, 1.54) is 11.6 Å². The molecule has 3 atom stereocenters. The minimum atomic E-state index is -0.492. The minimum Gasteiger partial charge on any atom is -0.328 e. The van der Waals surface area contributed by atoms with Gasteiger partial charge in [-0.05, 0) is 41.3 Å². The molecule has 1 N–H and O–H groups in total. The largest absolute Gasteiger partial charge is 0.328 e. The molecule has 1 amide bonds. The molecule has 0 saturated carbocycles. The Balaban J connectivity index is 1.42. The van der Waals surface area contributed by atoms with E-state index >= 15 is 0 Å². The van der Waals surface area contributed by atoms with Crippen LogP contribution in [0.3, 0.4) is 0 Å². The smallest absolute Gasteiger partial charge is 0.228 e. The monoisotopic (exact) mass is 430 g/mol. The Hall–Kier alpha value is -3.31. The summed E-state index contributed by atoms with van der Waals surface area (Å²) in [4.78, 5) is 15.4. The summed E-state index contributed by atoms with van der Waals surface area (Å²) < 4.78 is 28.3. The number of nitrogens with zero attached hydrogens (tertiary/aromatic N) is 1. The van der Waals surface area contributed by atoms with Gasteiger partial charge in [0.25, 0.3) is 0 Å². The number of rotatable bonds is 4. The average molecular weight is 430 g/mol. The second-order valence-electron chi connectivity index (χ2n) is 8.44. The zero-order valence-corrected chi connectivity index (χ0v) is 17.5. The number of hydrogen-bond donors (Lipinski definition) is 1. The highest BCUT2D eigenvalue weighted by Gasteiger charge is 2.38. The summed E-state index contributed by atoms with van der Waals surface area (Å²) in [5.74, 6) is -1.11. The van der Waals surface area contributed by atoms with Gasteiger partial charge in [-0.1, -0.05) is 66.7 Å². The number of carbonyl (C=O) groups is 1. The van der Waals surface area contributed by atoms with E-state index in [1.807, 2.05) is 54.6 Å². The second-order valence-corrected chi connectivity index (χ2v) is 8.44. The molecule has 1 saturated heterocycles. The van der Waals surface area contributed by atoms with Gasteiger partial charge in [0.2, 0.25) is 5.91 Å². The number of amides is 1. The van der Waals surface area contributed by atoms with Crippen molar-refractivity contribution in [3.05, 3.63) is 113 Å². The summed E-state index contributed by atoms with van der Waals surface area (Å²) in [7, 11) is 0. The normalized spacial score (nSPS) is 22.8. The molecule has 162 valence electrons. The molecule has 2 aliphatic rings. The van der Waals surface area contributed by atoms with Gasteiger partial charge in [-0.25, -0.2) is 8.78 Å². The first-order chi connectivity index (χ1) is 15.6. The van der Waals surface area contributed by atoms with Crippen LogP contribution >= 0.6 is 0 Å². The molecule has 5 rings (SSSR count). The van der Waals surface area contributed by atoms with Gasteiger partial charge in [0.05, 0.1) is 12.0 Å². The van der Waals surface area contributed by atoms with Crippen molar-refractivity contribution in [2.75, 3.05) is 13.1 Å². The van der Waals surface area contributed by atoms with Crippen molar-refractivity contribution in [3.63, 3.8) is 0 Å². The Kier molecular flexibility index (Phi) is 5.58. The van der Waals surface area contributed by atoms with E-state index in [2.05, 4.69) is 17.4 Å². The fourth-order valence-electron chi connectivity index (χ4n) is 4.77. The minimum absolute atomic E-state index is 0.0350. The third-order valence-corrected chi connectivity index (χ3v) is 6.42. The SMILES string of the molecule is O=C(C1CNC(c2ccccc2)C1)N1CC(c2cc(F)ccc2F)=CC1c1ccccc1. The van der Waals surface area contributed by atoms with Crippen molar-refractivity contribution in [1.82, 2.24) is 10.2 Å². The van der Waals surface area contributed by atoms with E-state index < -0.39 is 11.6 Å². The van der Waals surface area contributed by atoms with Crippen LogP contribution in [0, 0.1) is 17.6 Å². The summed E-state index contributed by atoms with van der Waals surface area (Å²) >= 11 is 0. The molecular weight excluding hydrogens is 406 g/mol. The molecule has 2 aliphatic heterocycles. The zero-order chi connectivity index (χ0) is 22.1. The van der Waals surface area contributed by atoms with Crippen molar-refractivity contribution in [1.29, 1.82) is 0 Å². The first-order valence-electron chi connectivity index (χ1n) is 10.9. The number of carbonyl (C=O) groups excluding carboxylic acids is 1. The highest BCUT2D eigenvalue weighted by atomic mass is 19.1. The van der Waals surface area contributed by atoms with E-state index in [9.17, 15) is 13.6 Å². The van der Waals surface area contributed by atoms with Gasteiger partial charge >= 0.3 is 0 Å². The molecule has 3 unspecified atom stereocenters. The number of benzene rings is 3. The fourth-order valence-corrected chi connectivity index (χ4v) is 4.77. The van der Waals surface area contributed by atoms with Gasteiger partial charge in [-0.3, -0.25) is 4.79 Å². The third-order valence-electron chi connectivity index (χ3n) is 6.42. The van der Waals surface area contributed by atoms with Gasteiger partial charge in [0, 0.05) is 24.7 Å². The average Bonchev–Trinajstić information content (AvgIpc) is 3.50. The van der Waals surface area contributed by atoms with Gasteiger partial charge < -0.3 is 10.2 Å². The Morgan fingerprint density at radius 2 is 1.59 bits per heavy atom. The lowest BCUT2D eigenvalue weighted by molar-refractivity contribution is -0.135. The van der Waals surface area contributed by atoms with Crippen LogP contribution in [-0.2, 0) is 4.79 Å². The first kappa shape index (κ1) is 20.6. The molecule has 3 aromatic rings. The van der Waals surface area contributed by atoms with Crippen LogP contribution < -0.4 is 5.32 Å². The van der Waals surface area contributed by atoms with E-state index in [-0.39, 0.29) is 36.0 Å². The van der Waals surface area contributed by atoms with Crippen LogP contribution in [0.5, 0.6) is 0 Å². The highest BCUT2D eigenvalue weighted by Crippen LogP contribution is 2.38. The lowest BCUT2D eigenvalue weighted by Crippen LogP contribution is -2.37. The van der Waals surface area contributed by atoms with Gasteiger partial charge in [0.15, 0.2) is 0 Å². The Labute approximate surface area is 186 Å². The molecule has 32 heavy (non-hydrogen) atoms. The van der Waals surface area contributed by atoms with Gasteiger partial charge in [-0.2, -0.15) is 0 Å². The van der Waals surface area contributed by atoms with E-state index in [0.717, 1.165) is 17.7 Å². The Bertz CT molecular complexity index is 1150. The summed E-state index contributed by atoms with van der Waals surface area (Å²) in [6.45, 7) is 0.853. The van der Waals surface area contributed by atoms with E-state index in [0.29, 0.717) is 18.5 Å². The number of hydrogen-bond acceptors (Lipinski definition) is 2. The predicted molar refractivity (Wildman–Crippen MR) is 121 cm³/mol. The van der Waals surface area contributed by atoms with Crippen molar-refractivity contribution in [2.24, 2.45) is 5.92 Å². The van der Waals surface area contributed by atoms with Crippen LogP contribution in [0.15, 0.2) is 84.9 Å². The number of halogens is 2. The molecular formula is C27H24F2N2O. The lowest BCUT2D eigenvalue weighted by atomic mass is 9.98. The summed E-state index contributed by atoms with van der Waals surface area (Å²) in [5, 5.41) is 3.47. The Morgan fingerprint density at radius 3 is 2.31 bits per heavy atom. The summed E-state index contributed by atoms with van der Waals surface area (Å²) in [6.07, 6.45) is 2.60. The fraction of sp³-hybridized carbons (Fsp3) is 0.222. The van der Waals surface area contributed by atoms with Crippen LogP contribution in [-0.4, -0.2) is 23.9 Å². The van der Waals surface area contributed by atoms with E-state index in [1.54, 1.807) is 4.90 Å². The van der Waals surface area contributed by atoms with Crippen molar-refractivity contribution < 1.29 is 13.6 Å². The maximum atomic E-state index is 14.5. The lowest BCUT2D eigenvalue weighted by Gasteiger charge is -2.28. The second kappa shape index (κ2) is 8.67. The maximum Gasteiger partial charge on any atom is 0.228 e. The molecule has 0 aromatic heterocycles.